The topological polar surface area (TPSA) is 47.8 Å². The van der Waals surface area contributed by atoms with Gasteiger partial charge in [-0.05, 0) is 36.6 Å². The van der Waals surface area contributed by atoms with Crippen molar-refractivity contribution in [3.63, 3.8) is 0 Å². The van der Waals surface area contributed by atoms with Crippen LogP contribution in [0.5, 0.6) is 5.75 Å². The Hall–Kier alpha value is -1.22. The van der Waals surface area contributed by atoms with Crippen molar-refractivity contribution in [2.24, 2.45) is 5.92 Å². The summed E-state index contributed by atoms with van der Waals surface area (Å²) in [4.78, 5) is 0. The molecule has 0 aromatic heterocycles. The molecule has 1 aliphatic rings. The third-order valence-corrected chi connectivity index (χ3v) is 4.05. The van der Waals surface area contributed by atoms with Crippen molar-refractivity contribution in [1.29, 1.82) is 0 Å². The molecule has 20 heavy (non-hydrogen) atoms. The monoisotopic (exact) mass is 277 g/mol. The minimum absolute atomic E-state index is 0.181. The molecule has 3 nitrogen and oxygen atoms in total. The molecule has 1 fully saturated rings. The number of hydrogen-bond acceptors (Lipinski definition) is 3. The molecular weight excluding hydrogens is 250 g/mol. The molecule has 1 aromatic carbocycles. The number of benzene rings is 1. The first-order chi connectivity index (χ1) is 9.72. The molecule has 1 saturated heterocycles. The fourth-order valence-electron chi connectivity index (χ4n) is 2.58. The van der Waals surface area contributed by atoms with Gasteiger partial charge < -0.3 is 15.2 Å². The van der Waals surface area contributed by atoms with Crippen LogP contribution in [0.2, 0.25) is 0 Å². The molecule has 1 aromatic rings. The molecule has 1 heterocycles. The summed E-state index contributed by atoms with van der Waals surface area (Å²) in [6.07, 6.45) is 6.63. The lowest BCUT2D eigenvalue weighted by Gasteiger charge is -2.22. The van der Waals surface area contributed by atoms with Crippen LogP contribution < -0.4 is 10.5 Å². The Balaban J connectivity index is 1.91. The molecule has 0 radical (unpaired) electrons. The molecule has 2 rings (SSSR count). The molecule has 0 aliphatic carbocycles. The average molecular weight is 277 g/mol. The molecule has 3 unspecified atom stereocenters. The molecule has 0 spiro atoms. The van der Waals surface area contributed by atoms with Gasteiger partial charge in [0.05, 0.1) is 6.61 Å². The van der Waals surface area contributed by atoms with Gasteiger partial charge in [-0.15, -0.1) is 0 Å². The Morgan fingerprint density at radius 3 is 2.55 bits per heavy atom. The Labute approximate surface area is 122 Å². The van der Waals surface area contributed by atoms with Gasteiger partial charge in [0.2, 0.25) is 0 Å². The Bertz CT molecular complexity index is 386. The van der Waals surface area contributed by atoms with Crippen molar-refractivity contribution >= 4 is 5.69 Å². The van der Waals surface area contributed by atoms with E-state index >= 15 is 0 Å². The lowest BCUT2D eigenvalue weighted by Crippen LogP contribution is -2.26. The minimum Gasteiger partial charge on any atom is -0.488 e. The van der Waals surface area contributed by atoms with E-state index in [9.17, 15) is 0 Å². The normalized spacial score (nSPS) is 20.4. The van der Waals surface area contributed by atoms with Crippen LogP contribution in [-0.4, -0.2) is 18.8 Å². The van der Waals surface area contributed by atoms with E-state index in [1.165, 1.54) is 25.7 Å². The van der Waals surface area contributed by atoms with Gasteiger partial charge in [0.25, 0.3) is 0 Å². The van der Waals surface area contributed by atoms with Crippen LogP contribution in [0.1, 0.15) is 46.0 Å². The first-order valence-corrected chi connectivity index (χ1v) is 7.86. The standard InChI is InChI=1S/C17H27NO2/c1-3-5-6-13(4-2)11-16(17-12-19-17)20-15-9-7-14(18)8-10-15/h7-10,13,16-17H,3-6,11-12,18H2,1-2H3. The predicted octanol–water partition coefficient (Wildman–Crippen LogP) is 4.02. The van der Waals surface area contributed by atoms with E-state index < -0.39 is 0 Å². The summed E-state index contributed by atoms with van der Waals surface area (Å²) in [7, 11) is 0. The number of hydrogen-bond donors (Lipinski definition) is 1. The van der Waals surface area contributed by atoms with E-state index in [2.05, 4.69) is 13.8 Å². The molecule has 112 valence electrons. The maximum absolute atomic E-state index is 6.13. The number of unbranched alkanes of at least 4 members (excludes halogenated alkanes) is 1. The van der Waals surface area contributed by atoms with Crippen molar-refractivity contribution in [1.82, 2.24) is 0 Å². The lowest BCUT2D eigenvalue weighted by atomic mass is 9.92. The zero-order valence-corrected chi connectivity index (χ0v) is 12.7. The summed E-state index contributed by atoms with van der Waals surface area (Å²) in [6, 6.07) is 7.65. The second-order valence-corrected chi connectivity index (χ2v) is 5.75. The fourth-order valence-corrected chi connectivity index (χ4v) is 2.58. The van der Waals surface area contributed by atoms with Crippen molar-refractivity contribution in [2.45, 2.75) is 58.2 Å². The smallest absolute Gasteiger partial charge is 0.127 e. The van der Waals surface area contributed by atoms with Crippen molar-refractivity contribution < 1.29 is 9.47 Å². The molecule has 1 aliphatic heterocycles. The van der Waals surface area contributed by atoms with E-state index in [-0.39, 0.29) is 12.2 Å². The van der Waals surface area contributed by atoms with Gasteiger partial charge in [-0.25, -0.2) is 0 Å². The highest BCUT2D eigenvalue weighted by Crippen LogP contribution is 2.29. The van der Waals surface area contributed by atoms with Crippen molar-refractivity contribution in [2.75, 3.05) is 12.3 Å². The second kappa shape index (κ2) is 7.53. The van der Waals surface area contributed by atoms with Gasteiger partial charge in [0.15, 0.2) is 0 Å². The first-order valence-electron chi connectivity index (χ1n) is 7.86. The predicted molar refractivity (Wildman–Crippen MR) is 82.9 cm³/mol. The molecule has 0 saturated carbocycles. The maximum Gasteiger partial charge on any atom is 0.127 e. The molecule has 3 atom stereocenters. The van der Waals surface area contributed by atoms with Crippen molar-refractivity contribution in [3.05, 3.63) is 24.3 Å². The zero-order valence-electron chi connectivity index (χ0n) is 12.7. The summed E-state index contributed by atoms with van der Waals surface area (Å²) >= 11 is 0. The quantitative estimate of drug-likeness (QED) is 0.548. The van der Waals surface area contributed by atoms with Crippen LogP contribution in [-0.2, 0) is 4.74 Å². The van der Waals surface area contributed by atoms with Gasteiger partial charge in [-0.3, -0.25) is 0 Å². The zero-order chi connectivity index (χ0) is 14.4. The highest BCUT2D eigenvalue weighted by Gasteiger charge is 2.35. The number of nitrogen functional groups attached to an aromatic ring is 1. The van der Waals surface area contributed by atoms with E-state index in [1.54, 1.807) is 0 Å². The Morgan fingerprint density at radius 1 is 1.30 bits per heavy atom. The summed E-state index contributed by atoms with van der Waals surface area (Å²) < 4.78 is 11.6. The van der Waals surface area contributed by atoms with Crippen LogP contribution in [0.4, 0.5) is 5.69 Å². The summed E-state index contributed by atoms with van der Waals surface area (Å²) in [5.41, 5.74) is 6.48. The fraction of sp³-hybridized carbons (Fsp3) is 0.647. The van der Waals surface area contributed by atoms with Gasteiger partial charge in [0, 0.05) is 5.69 Å². The van der Waals surface area contributed by atoms with Crippen molar-refractivity contribution in [3.8, 4) is 5.75 Å². The number of epoxide rings is 1. The third-order valence-electron chi connectivity index (χ3n) is 4.05. The molecular formula is C17H27NO2. The van der Waals surface area contributed by atoms with Gasteiger partial charge >= 0.3 is 0 Å². The van der Waals surface area contributed by atoms with Crippen LogP contribution in [0.15, 0.2) is 24.3 Å². The molecule has 3 heteroatoms. The maximum atomic E-state index is 6.13. The number of rotatable bonds is 9. The summed E-state index contributed by atoms with van der Waals surface area (Å²) in [5.74, 6) is 1.63. The molecule has 2 N–H and O–H groups in total. The van der Waals surface area contributed by atoms with E-state index in [4.69, 9.17) is 15.2 Å². The highest BCUT2D eigenvalue weighted by molar-refractivity contribution is 5.41. The lowest BCUT2D eigenvalue weighted by molar-refractivity contribution is 0.127. The Morgan fingerprint density at radius 2 is 2.00 bits per heavy atom. The number of anilines is 1. The van der Waals surface area contributed by atoms with E-state index in [0.29, 0.717) is 0 Å². The second-order valence-electron chi connectivity index (χ2n) is 5.75. The van der Waals surface area contributed by atoms with Crippen LogP contribution in [0.3, 0.4) is 0 Å². The van der Waals surface area contributed by atoms with Gasteiger partial charge in [-0.2, -0.15) is 0 Å². The van der Waals surface area contributed by atoms with E-state index in [1.807, 2.05) is 24.3 Å². The Kier molecular flexibility index (Phi) is 5.72. The number of nitrogens with two attached hydrogens (primary N) is 1. The summed E-state index contributed by atoms with van der Waals surface area (Å²) in [6.45, 7) is 5.36. The van der Waals surface area contributed by atoms with Crippen LogP contribution in [0, 0.1) is 5.92 Å². The minimum atomic E-state index is 0.181. The molecule has 0 amide bonds. The van der Waals surface area contributed by atoms with Gasteiger partial charge in [0.1, 0.15) is 18.0 Å². The van der Waals surface area contributed by atoms with Gasteiger partial charge in [-0.1, -0.05) is 39.5 Å². The average Bonchev–Trinajstić information content (AvgIpc) is 3.29. The SMILES string of the molecule is CCCCC(CC)CC(Oc1ccc(N)cc1)C1CO1. The first kappa shape index (κ1) is 15.2. The number of ether oxygens (including phenoxy) is 2. The largest absolute Gasteiger partial charge is 0.488 e. The van der Waals surface area contributed by atoms with Crippen LogP contribution in [0.25, 0.3) is 0 Å². The highest BCUT2D eigenvalue weighted by atomic mass is 16.6. The van der Waals surface area contributed by atoms with Crippen LogP contribution >= 0.6 is 0 Å². The summed E-state index contributed by atoms with van der Waals surface area (Å²) in [5, 5.41) is 0. The van der Waals surface area contributed by atoms with E-state index in [0.717, 1.165) is 30.4 Å². The third kappa shape index (κ3) is 4.71. The molecule has 0 bridgehead atoms.